The highest BCUT2D eigenvalue weighted by Gasteiger charge is 2.14. The molecule has 80 valence electrons. The van der Waals surface area contributed by atoms with E-state index in [9.17, 15) is 0 Å². The van der Waals surface area contributed by atoms with Gasteiger partial charge in [0.15, 0.2) is 0 Å². The molecule has 0 radical (unpaired) electrons. The van der Waals surface area contributed by atoms with Gasteiger partial charge in [0.05, 0.1) is 0 Å². The lowest BCUT2D eigenvalue weighted by molar-refractivity contribution is 1.04. The number of allylic oxidation sites excluding steroid dienone is 5. The van der Waals surface area contributed by atoms with Gasteiger partial charge in [0.2, 0.25) is 0 Å². The summed E-state index contributed by atoms with van der Waals surface area (Å²) >= 11 is 11.8. The van der Waals surface area contributed by atoms with Crippen LogP contribution in [0.1, 0.15) is 26.2 Å². The van der Waals surface area contributed by atoms with Gasteiger partial charge in [-0.2, -0.15) is 0 Å². The lowest BCUT2D eigenvalue weighted by Crippen LogP contribution is -2.07. The van der Waals surface area contributed by atoms with Crippen molar-refractivity contribution in [3.63, 3.8) is 0 Å². The Balaban J connectivity index is 3.49. The molecule has 0 bridgehead atoms. The first-order chi connectivity index (χ1) is 6.56. The minimum atomic E-state index is -2.02. The monoisotopic (exact) mass is 248 g/mol. The molecule has 0 unspecified atom stereocenters. The van der Waals surface area contributed by atoms with Crippen molar-refractivity contribution in [1.29, 1.82) is 0 Å². The lowest BCUT2D eigenvalue weighted by atomic mass is 10.2. The molecule has 0 rings (SSSR count). The Kier molecular flexibility index (Phi) is 8.35. The quantitative estimate of drug-likeness (QED) is 0.271. The lowest BCUT2D eigenvalue weighted by Gasteiger charge is -1.99. The van der Waals surface area contributed by atoms with Gasteiger partial charge in [-0.3, -0.25) is 0 Å². The molecular formula is C11H18Cl2Si. The fourth-order valence-corrected chi connectivity index (χ4v) is 2.01. The number of halogens is 2. The molecule has 0 heterocycles. The van der Waals surface area contributed by atoms with Crippen molar-refractivity contribution in [2.24, 2.45) is 0 Å². The van der Waals surface area contributed by atoms with Crippen LogP contribution in [0.4, 0.5) is 0 Å². The van der Waals surface area contributed by atoms with E-state index >= 15 is 0 Å². The van der Waals surface area contributed by atoms with E-state index in [0.717, 1.165) is 19.3 Å². The van der Waals surface area contributed by atoms with Gasteiger partial charge < -0.3 is 0 Å². The minimum absolute atomic E-state index is 0.928. The molecule has 14 heavy (non-hydrogen) atoms. The Hall–Kier alpha value is 0.0169. The van der Waals surface area contributed by atoms with E-state index in [1.807, 2.05) is 25.2 Å². The normalized spacial score (nSPS) is 13.7. The summed E-state index contributed by atoms with van der Waals surface area (Å²) in [4.78, 5) is 0. The summed E-state index contributed by atoms with van der Waals surface area (Å²) in [6.07, 6.45) is 13.8. The van der Waals surface area contributed by atoms with E-state index in [0.29, 0.717) is 0 Å². The van der Waals surface area contributed by atoms with Crippen LogP contribution < -0.4 is 0 Å². The zero-order chi connectivity index (χ0) is 10.9. The van der Waals surface area contributed by atoms with E-state index in [2.05, 4.69) is 24.3 Å². The van der Waals surface area contributed by atoms with Crippen LogP contribution in [0.25, 0.3) is 0 Å². The molecule has 0 aromatic carbocycles. The van der Waals surface area contributed by atoms with Crippen LogP contribution in [0.5, 0.6) is 0 Å². The van der Waals surface area contributed by atoms with Gasteiger partial charge in [-0.1, -0.05) is 36.1 Å². The van der Waals surface area contributed by atoms with Crippen LogP contribution in [0, 0.1) is 0 Å². The van der Waals surface area contributed by atoms with Gasteiger partial charge in [-0.25, -0.2) is 0 Å². The summed E-state index contributed by atoms with van der Waals surface area (Å²) in [5.41, 5.74) is 1.94. The van der Waals surface area contributed by atoms with Crippen LogP contribution in [0.15, 0.2) is 36.1 Å². The van der Waals surface area contributed by atoms with Crippen molar-refractivity contribution in [3.05, 3.63) is 36.1 Å². The van der Waals surface area contributed by atoms with Gasteiger partial charge in [-0.05, 0) is 32.7 Å². The zero-order valence-corrected chi connectivity index (χ0v) is 11.4. The van der Waals surface area contributed by atoms with Crippen molar-refractivity contribution in [3.8, 4) is 0 Å². The SMILES string of the molecule is C/C=C/CC/C=C/C/C=C/[Si](C)(Cl)Cl. The molecule has 0 aromatic rings. The Morgan fingerprint density at radius 3 is 2.21 bits per heavy atom. The molecule has 3 heteroatoms. The molecule has 0 saturated carbocycles. The Morgan fingerprint density at radius 2 is 1.64 bits per heavy atom. The smallest absolute Gasteiger partial charge is 0.141 e. The van der Waals surface area contributed by atoms with Crippen molar-refractivity contribution in [2.75, 3.05) is 0 Å². The number of hydrogen-bond acceptors (Lipinski definition) is 0. The highest BCUT2D eigenvalue weighted by molar-refractivity contribution is 7.47. The molecule has 0 spiro atoms. The second-order valence-electron chi connectivity index (χ2n) is 3.21. The zero-order valence-electron chi connectivity index (χ0n) is 8.84. The third kappa shape index (κ3) is 12.0. The van der Waals surface area contributed by atoms with Crippen LogP contribution in [-0.2, 0) is 0 Å². The Labute approximate surface area is 97.7 Å². The van der Waals surface area contributed by atoms with E-state index < -0.39 is 6.69 Å². The standard InChI is InChI=1S/C11H18Cl2Si/c1-3-4-5-6-7-8-9-10-11-14(2,12)13/h3-4,7-8,10-11H,5-6,9H2,1-2H3/b4-3+,8-7+,11-10+. The third-order valence-corrected chi connectivity index (χ3v) is 3.16. The van der Waals surface area contributed by atoms with Gasteiger partial charge in [-0.15, -0.1) is 22.2 Å². The van der Waals surface area contributed by atoms with Gasteiger partial charge in [0.1, 0.15) is 0 Å². The van der Waals surface area contributed by atoms with Gasteiger partial charge >= 0.3 is 0 Å². The van der Waals surface area contributed by atoms with Crippen molar-refractivity contribution >= 4 is 28.9 Å². The van der Waals surface area contributed by atoms with Crippen molar-refractivity contribution in [1.82, 2.24) is 0 Å². The largest absolute Gasteiger partial charge is 0.270 e. The highest BCUT2D eigenvalue weighted by Crippen LogP contribution is 2.15. The molecule has 0 amide bonds. The minimum Gasteiger partial charge on any atom is -0.141 e. The van der Waals surface area contributed by atoms with Crippen LogP contribution in [0.2, 0.25) is 6.55 Å². The summed E-state index contributed by atoms with van der Waals surface area (Å²) < 4.78 is 0. The first-order valence-corrected chi connectivity index (χ1v) is 9.48. The molecule has 0 N–H and O–H groups in total. The summed E-state index contributed by atoms with van der Waals surface area (Å²) in [7, 11) is 0. The molecule has 0 aromatic heterocycles. The third-order valence-electron chi connectivity index (χ3n) is 1.59. The maximum atomic E-state index is 5.90. The maximum Gasteiger partial charge on any atom is 0.270 e. The van der Waals surface area contributed by atoms with Crippen LogP contribution in [-0.4, -0.2) is 6.69 Å². The van der Waals surface area contributed by atoms with Crippen LogP contribution >= 0.6 is 22.2 Å². The van der Waals surface area contributed by atoms with Gasteiger partial charge in [0, 0.05) is 0 Å². The highest BCUT2D eigenvalue weighted by atomic mass is 35.7. The molecule has 0 aliphatic rings. The molecule has 0 aliphatic carbocycles. The van der Waals surface area contributed by atoms with E-state index in [-0.39, 0.29) is 0 Å². The molecule has 0 saturated heterocycles. The number of rotatable bonds is 6. The van der Waals surface area contributed by atoms with E-state index in [4.69, 9.17) is 22.2 Å². The first-order valence-electron chi connectivity index (χ1n) is 4.88. The first kappa shape index (κ1) is 14.0. The van der Waals surface area contributed by atoms with E-state index in [1.165, 1.54) is 0 Å². The fourth-order valence-electron chi connectivity index (χ4n) is 0.927. The average Bonchev–Trinajstić information content (AvgIpc) is 2.08. The summed E-state index contributed by atoms with van der Waals surface area (Å²) in [6.45, 7) is 1.91. The van der Waals surface area contributed by atoms with Crippen LogP contribution in [0.3, 0.4) is 0 Å². The molecule has 0 aliphatic heterocycles. The van der Waals surface area contributed by atoms with E-state index in [1.54, 1.807) is 0 Å². The van der Waals surface area contributed by atoms with Gasteiger partial charge in [0.25, 0.3) is 6.69 Å². The fraction of sp³-hybridized carbons (Fsp3) is 0.455. The predicted molar refractivity (Wildman–Crippen MR) is 70.3 cm³/mol. The van der Waals surface area contributed by atoms with Crippen molar-refractivity contribution < 1.29 is 0 Å². The summed E-state index contributed by atoms with van der Waals surface area (Å²) in [5, 5.41) is 0. The molecular weight excluding hydrogens is 231 g/mol. The molecule has 0 atom stereocenters. The number of unbranched alkanes of at least 4 members (excludes halogenated alkanes) is 1. The second-order valence-corrected chi connectivity index (χ2v) is 10.7. The molecule has 0 fully saturated rings. The summed E-state index contributed by atoms with van der Waals surface area (Å²) in [5.74, 6) is 0. The maximum absolute atomic E-state index is 5.90. The number of hydrogen-bond donors (Lipinski definition) is 0. The summed E-state index contributed by atoms with van der Waals surface area (Å²) in [6, 6.07) is 0. The Bertz CT molecular complexity index is 212. The Morgan fingerprint density at radius 1 is 1.00 bits per heavy atom. The molecule has 0 nitrogen and oxygen atoms in total. The second kappa shape index (κ2) is 8.34. The van der Waals surface area contributed by atoms with Crippen molar-refractivity contribution in [2.45, 2.75) is 32.7 Å². The topological polar surface area (TPSA) is 0 Å². The predicted octanol–water partition coefficient (Wildman–Crippen LogP) is 4.93. The average molecular weight is 249 g/mol.